The first kappa shape index (κ1) is 7.75. The summed E-state index contributed by atoms with van der Waals surface area (Å²) >= 11 is 6.37. The average Bonchev–Trinajstić information content (AvgIpc) is 2.07. The summed E-state index contributed by atoms with van der Waals surface area (Å²) in [7, 11) is 0. The second-order valence-corrected chi connectivity index (χ2v) is 3.62. The van der Waals surface area contributed by atoms with Gasteiger partial charge in [0.1, 0.15) is 15.4 Å². The lowest BCUT2D eigenvalue weighted by Crippen LogP contribution is -2.19. The summed E-state index contributed by atoms with van der Waals surface area (Å²) in [5, 5.41) is 3.46. The van der Waals surface area contributed by atoms with E-state index in [1.807, 2.05) is 0 Å². The molecule has 0 atom stereocenters. The molecule has 12 heavy (non-hydrogen) atoms. The van der Waals surface area contributed by atoms with Crippen LogP contribution in [0.2, 0.25) is 0 Å². The molecule has 2 rings (SSSR count). The van der Waals surface area contributed by atoms with Gasteiger partial charge in [-0.2, -0.15) is 0 Å². The maximum atomic E-state index is 11.0. The van der Waals surface area contributed by atoms with Crippen molar-refractivity contribution in [3.8, 4) is 0 Å². The smallest absolute Gasteiger partial charge is 0.234 e. The number of amides is 1. The zero-order valence-electron chi connectivity index (χ0n) is 5.96. The standard InChI is InChI=1S/C6H5N3OS2/c10-3-1-12-6-4(9-3)5(11)7-2-8-6/h2H,1H2,(H,9,10)(H,7,8,11). The van der Waals surface area contributed by atoms with Crippen molar-refractivity contribution in [2.45, 2.75) is 5.03 Å². The summed E-state index contributed by atoms with van der Waals surface area (Å²) in [6, 6.07) is 0. The molecule has 0 saturated carbocycles. The molecule has 1 aromatic rings. The number of rotatable bonds is 0. The number of aromatic amines is 1. The number of nitrogens with one attached hydrogen (secondary N) is 2. The molecule has 0 bridgehead atoms. The summed E-state index contributed by atoms with van der Waals surface area (Å²) in [5.41, 5.74) is 0.633. The van der Waals surface area contributed by atoms with E-state index in [9.17, 15) is 4.79 Å². The van der Waals surface area contributed by atoms with Crippen LogP contribution >= 0.6 is 24.0 Å². The molecule has 6 heteroatoms. The molecule has 4 nitrogen and oxygen atoms in total. The molecule has 2 N–H and O–H groups in total. The molecule has 0 radical (unpaired) electrons. The normalized spacial score (nSPS) is 15.2. The molecular weight excluding hydrogens is 194 g/mol. The van der Waals surface area contributed by atoms with Crippen LogP contribution in [0.1, 0.15) is 0 Å². The van der Waals surface area contributed by atoms with Crippen LogP contribution in [0.15, 0.2) is 11.4 Å². The Hall–Kier alpha value is -0.880. The lowest BCUT2D eigenvalue weighted by molar-refractivity contribution is -0.113. The Labute approximate surface area is 77.8 Å². The fourth-order valence-electron chi connectivity index (χ4n) is 0.912. The number of hydrogen-bond acceptors (Lipinski definition) is 4. The van der Waals surface area contributed by atoms with E-state index in [1.54, 1.807) is 0 Å². The Bertz CT molecular complexity index is 387. The van der Waals surface area contributed by atoms with E-state index in [0.29, 0.717) is 16.1 Å². The van der Waals surface area contributed by atoms with Gasteiger partial charge in [-0.1, -0.05) is 24.0 Å². The third-order valence-corrected chi connectivity index (χ3v) is 2.73. The Morgan fingerprint density at radius 1 is 1.67 bits per heavy atom. The maximum Gasteiger partial charge on any atom is 0.234 e. The van der Waals surface area contributed by atoms with Crippen molar-refractivity contribution in [1.29, 1.82) is 0 Å². The van der Waals surface area contributed by atoms with Gasteiger partial charge in [0.15, 0.2) is 0 Å². The van der Waals surface area contributed by atoms with E-state index in [1.165, 1.54) is 18.1 Å². The molecule has 1 aromatic heterocycles. The van der Waals surface area contributed by atoms with Gasteiger partial charge < -0.3 is 10.3 Å². The van der Waals surface area contributed by atoms with Gasteiger partial charge in [-0.05, 0) is 0 Å². The second-order valence-electron chi connectivity index (χ2n) is 2.25. The van der Waals surface area contributed by atoms with Crippen LogP contribution in [0, 0.1) is 4.64 Å². The third-order valence-electron chi connectivity index (χ3n) is 1.42. The van der Waals surface area contributed by atoms with E-state index < -0.39 is 0 Å². The van der Waals surface area contributed by atoms with E-state index in [-0.39, 0.29) is 5.91 Å². The molecule has 62 valence electrons. The Balaban J connectivity index is 2.57. The molecule has 2 heterocycles. The van der Waals surface area contributed by atoms with Crippen molar-refractivity contribution in [2.24, 2.45) is 0 Å². The predicted octanol–water partition coefficient (Wildman–Crippen LogP) is 1.18. The Kier molecular flexibility index (Phi) is 1.86. The summed E-state index contributed by atoms with van der Waals surface area (Å²) < 4.78 is 0.528. The van der Waals surface area contributed by atoms with Gasteiger partial charge in [-0.15, -0.1) is 0 Å². The highest BCUT2D eigenvalue weighted by Gasteiger charge is 2.16. The molecule has 0 aromatic carbocycles. The van der Waals surface area contributed by atoms with Crippen molar-refractivity contribution < 1.29 is 4.79 Å². The van der Waals surface area contributed by atoms with Crippen molar-refractivity contribution in [1.82, 2.24) is 9.97 Å². The molecule has 0 aliphatic carbocycles. The minimum atomic E-state index is -0.0278. The highest BCUT2D eigenvalue weighted by Crippen LogP contribution is 2.28. The predicted molar refractivity (Wildman–Crippen MR) is 48.8 cm³/mol. The SMILES string of the molecule is O=C1CSc2nc[nH]c(=S)c2N1. The first-order chi connectivity index (χ1) is 5.77. The zero-order chi connectivity index (χ0) is 8.55. The third kappa shape index (κ3) is 1.23. The van der Waals surface area contributed by atoms with Gasteiger partial charge in [0.05, 0.1) is 12.1 Å². The Morgan fingerprint density at radius 3 is 3.33 bits per heavy atom. The summed E-state index contributed by atoms with van der Waals surface area (Å²) in [6.07, 6.45) is 1.53. The monoisotopic (exact) mass is 199 g/mol. The number of hydrogen-bond donors (Lipinski definition) is 2. The number of anilines is 1. The lowest BCUT2D eigenvalue weighted by Gasteiger charge is -2.13. The first-order valence-electron chi connectivity index (χ1n) is 3.28. The molecule has 0 saturated heterocycles. The molecule has 1 aliphatic heterocycles. The zero-order valence-corrected chi connectivity index (χ0v) is 7.59. The quantitative estimate of drug-likeness (QED) is 0.486. The van der Waals surface area contributed by atoms with Crippen molar-refractivity contribution in [3.63, 3.8) is 0 Å². The topological polar surface area (TPSA) is 57.8 Å². The highest BCUT2D eigenvalue weighted by atomic mass is 32.2. The second kappa shape index (κ2) is 2.87. The largest absolute Gasteiger partial charge is 0.336 e. The molecule has 0 unspecified atom stereocenters. The number of thioether (sulfide) groups is 1. The van der Waals surface area contributed by atoms with Gasteiger partial charge in [-0.25, -0.2) is 4.98 Å². The van der Waals surface area contributed by atoms with E-state index in [0.717, 1.165) is 5.03 Å². The number of carbonyl (C=O) groups excluding carboxylic acids is 1. The molecule has 0 fully saturated rings. The maximum absolute atomic E-state index is 11.0. The Morgan fingerprint density at radius 2 is 2.50 bits per heavy atom. The molecule has 1 aliphatic rings. The summed E-state index contributed by atoms with van der Waals surface area (Å²) in [5.74, 6) is 0.388. The van der Waals surface area contributed by atoms with Crippen LogP contribution in [-0.4, -0.2) is 21.6 Å². The van der Waals surface area contributed by atoms with Crippen molar-refractivity contribution in [2.75, 3.05) is 11.1 Å². The molecular formula is C6H5N3OS2. The molecule has 0 spiro atoms. The molecule has 1 amide bonds. The van der Waals surface area contributed by atoms with Gasteiger partial charge in [-0.3, -0.25) is 4.79 Å². The minimum absolute atomic E-state index is 0.0278. The van der Waals surface area contributed by atoms with Gasteiger partial charge in [0, 0.05) is 0 Å². The van der Waals surface area contributed by atoms with Gasteiger partial charge >= 0.3 is 0 Å². The van der Waals surface area contributed by atoms with Gasteiger partial charge in [0.2, 0.25) is 5.91 Å². The van der Waals surface area contributed by atoms with E-state index >= 15 is 0 Å². The highest BCUT2D eigenvalue weighted by molar-refractivity contribution is 8.00. The van der Waals surface area contributed by atoms with Crippen LogP contribution in [0.3, 0.4) is 0 Å². The van der Waals surface area contributed by atoms with E-state index in [2.05, 4.69) is 15.3 Å². The number of H-pyrrole nitrogens is 1. The first-order valence-corrected chi connectivity index (χ1v) is 4.67. The summed E-state index contributed by atoms with van der Waals surface area (Å²) in [6.45, 7) is 0. The fraction of sp³-hybridized carbons (Fsp3) is 0.167. The van der Waals surface area contributed by atoms with Gasteiger partial charge in [0.25, 0.3) is 0 Å². The average molecular weight is 199 g/mol. The summed E-state index contributed by atoms with van der Waals surface area (Å²) in [4.78, 5) is 17.8. The number of fused-ring (bicyclic) bond motifs is 1. The number of aromatic nitrogens is 2. The van der Waals surface area contributed by atoms with Crippen molar-refractivity contribution in [3.05, 3.63) is 11.0 Å². The van der Waals surface area contributed by atoms with Crippen LogP contribution in [-0.2, 0) is 4.79 Å². The van der Waals surface area contributed by atoms with E-state index in [4.69, 9.17) is 12.2 Å². The van der Waals surface area contributed by atoms with Crippen LogP contribution < -0.4 is 5.32 Å². The number of carbonyl (C=O) groups is 1. The van der Waals surface area contributed by atoms with Crippen LogP contribution in [0.25, 0.3) is 0 Å². The van der Waals surface area contributed by atoms with Crippen LogP contribution in [0.5, 0.6) is 0 Å². The minimum Gasteiger partial charge on any atom is -0.336 e. The van der Waals surface area contributed by atoms with Crippen LogP contribution in [0.4, 0.5) is 5.69 Å². The lowest BCUT2D eigenvalue weighted by atomic mass is 10.5. The number of nitrogens with zero attached hydrogens (tertiary/aromatic N) is 1. The fourth-order valence-corrected chi connectivity index (χ4v) is 1.94. The van der Waals surface area contributed by atoms with Crippen molar-refractivity contribution >= 4 is 35.6 Å².